The lowest BCUT2D eigenvalue weighted by Gasteiger charge is -2.37. The Balaban J connectivity index is 1.19. The van der Waals surface area contributed by atoms with Gasteiger partial charge in [0.2, 0.25) is 5.91 Å². The molecule has 0 N–H and O–H groups in total. The molecule has 0 saturated carbocycles. The number of amides is 1. The van der Waals surface area contributed by atoms with E-state index in [1.54, 1.807) is 0 Å². The van der Waals surface area contributed by atoms with Crippen molar-refractivity contribution in [1.29, 1.82) is 0 Å². The quantitative estimate of drug-likeness (QED) is 0.758. The third-order valence-electron chi connectivity index (χ3n) is 6.65. The highest BCUT2D eigenvalue weighted by Crippen LogP contribution is 2.38. The van der Waals surface area contributed by atoms with Crippen molar-refractivity contribution < 1.29 is 14.3 Å². The Bertz CT molecular complexity index is 939. The van der Waals surface area contributed by atoms with E-state index in [-0.39, 0.29) is 11.9 Å². The molecule has 0 unspecified atom stereocenters. The molecule has 0 aromatic heterocycles. The highest BCUT2D eigenvalue weighted by molar-refractivity contribution is 5.78. The molecule has 6 heteroatoms. The fraction of sp³-hybridized carbons (Fsp3) is 0.480. The normalized spacial score (nSPS) is 21.4. The molecular weight excluding hydrogens is 390 g/mol. The van der Waals surface area contributed by atoms with Crippen LogP contribution in [-0.4, -0.2) is 68.2 Å². The highest BCUT2D eigenvalue weighted by atomic mass is 16.6. The zero-order valence-electron chi connectivity index (χ0n) is 18.3. The average molecular weight is 422 g/mol. The Morgan fingerprint density at radius 1 is 0.968 bits per heavy atom. The van der Waals surface area contributed by atoms with Gasteiger partial charge in [0.05, 0.1) is 6.54 Å². The van der Waals surface area contributed by atoms with E-state index in [0.29, 0.717) is 19.8 Å². The number of aryl methyl sites for hydroxylation is 1. The van der Waals surface area contributed by atoms with E-state index in [1.165, 1.54) is 16.8 Å². The first-order valence-electron chi connectivity index (χ1n) is 11.4. The Morgan fingerprint density at radius 3 is 2.58 bits per heavy atom. The Hall–Kier alpha value is -2.73. The van der Waals surface area contributed by atoms with Gasteiger partial charge >= 0.3 is 0 Å². The number of carbonyl (C=O) groups is 1. The van der Waals surface area contributed by atoms with Gasteiger partial charge < -0.3 is 19.3 Å². The first kappa shape index (κ1) is 20.2. The number of fused-ring (bicyclic) bond motifs is 1. The van der Waals surface area contributed by atoms with E-state index in [9.17, 15) is 4.79 Å². The van der Waals surface area contributed by atoms with Crippen LogP contribution >= 0.6 is 0 Å². The van der Waals surface area contributed by atoms with E-state index >= 15 is 0 Å². The minimum absolute atomic E-state index is 0.244. The van der Waals surface area contributed by atoms with Gasteiger partial charge in [0, 0.05) is 37.9 Å². The van der Waals surface area contributed by atoms with Gasteiger partial charge in [-0.05, 0) is 61.7 Å². The summed E-state index contributed by atoms with van der Waals surface area (Å²) >= 11 is 0. The van der Waals surface area contributed by atoms with Crippen molar-refractivity contribution in [2.45, 2.75) is 25.8 Å². The van der Waals surface area contributed by atoms with Crippen LogP contribution in [0.15, 0.2) is 42.5 Å². The number of hydrogen-bond donors (Lipinski definition) is 0. The maximum atomic E-state index is 13.1. The van der Waals surface area contributed by atoms with Crippen LogP contribution in [0.4, 0.5) is 5.69 Å². The van der Waals surface area contributed by atoms with Crippen LogP contribution in [0.5, 0.6) is 11.5 Å². The zero-order chi connectivity index (χ0) is 21.2. The van der Waals surface area contributed by atoms with Crippen molar-refractivity contribution in [2.75, 3.05) is 57.4 Å². The molecule has 3 heterocycles. The number of benzene rings is 2. The first-order valence-corrected chi connectivity index (χ1v) is 11.4. The second-order valence-electron chi connectivity index (χ2n) is 8.74. The molecule has 2 saturated heterocycles. The monoisotopic (exact) mass is 421 g/mol. The molecule has 2 fully saturated rings. The van der Waals surface area contributed by atoms with E-state index in [0.717, 1.165) is 57.1 Å². The largest absolute Gasteiger partial charge is 0.486 e. The lowest BCUT2D eigenvalue weighted by molar-refractivity contribution is -0.133. The SMILES string of the molecule is Cc1cccc(N2CCN(C(=O)CN3CCC[C@@H]3c3ccc4c(c3)OCCO4)CC2)c1. The van der Waals surface area contributed by atoms with Gasteiger partial charge in [-0.15, -0.1) is 0 Å². The lowest BCUT2D eigenvalue weighted by Crippen LogP contribution is -2.51. The van der Waals surface area contributed by atoms with E-state index in [4.69, 9.17) is 9.47 Å². The topological polar surface area (TPSA) is 45.2 Å². The van der Waals surface area contributed by atoms with Crippen molar-refractivity contribution in [2.24, 2.45) is 0 Å². The average Bonchev–Trinajstić information content (AvgIpc) is 3.27. The molecule has 3 aliphatic rings. The van der Waals surface area contributed by atoms with Crippen LogP contribution in [0.1, 0.15) is 30.0 Å². The van der Waals surface area contributed by atoms with Crippen LogP contribution < -0.4 is 14.4 Å². The van der Waals surface area contributed by atoms with Crippen molar-refractivity contribution in [3.05, 3.63) is 53.6 Å². The fourth-order valence-corrected chi connectivity index (χ4v) is 4.97. The van der Waals surface area contributed by atoms with Gasteiger partial charge in [-0.2, -0.15) is 0 Å². The summed E-state index contributed by atoms with van der Waals surface area (Å²) in [5.74, 6) is 1.89. The molecule has 2 aromatic carbocycles. The number of likely N-dealkylation sites (tertiary alicyclic amines) is 1. The van der Waals surface area contributed by atoms with Crippen LogP contribution in [0.25, 0.3) is 0 Å². The molecule has 31 heavy (non-hydrogen) atoms. The van der Waals surface area contributed by atoms with Gasteiger partial charge in [0.15, 0.2) is 11.5 Å². The van der Waals surface area contributed by atoms with Crippen molar-refractivity contribution in [3.63, 3.8) is 0 Å². The van der Waals surface area contributed by atoms with Crippen LogP contribution in [0, 0.1) is 6.92 Å². The summed E-state index contributed by atoms with van der Waals surface area (Å²) in [5.41, 5.74) is 3.75. The highest BCUT2D eigenvalue weighted by Gasteiger charge is 2.31. The third-order valence-corrected chi connectivity index (χ3v) is 6.65. The van der Waals surface area contributed by atoms with Gasteiger partial charge in [0.1, 0.15) is 13.2 Å². The second-order valence-corrected chi connectivity index (χ2v) is 8.74. The lowest BCUT2D eigenvalue weighted by atomic mass is 10.0. The number of ether oxygens (including phenoxy) is 2. The first-order chi connectivity index (χ1) is 15.2. The maximum absolute atomic E-state index is 13.1. The Labute approximate surface area is 184 Å². The summed E-state index contributed by atoms with van der Waals surface area (Å²) in [6.07, 6.45) is 2.20. The molecule has 0 radical (unpaired) electrons. The summed E-state index contributed by atoms with van der Waals surface area (Å²) in [5, 5.41) is 0. The molecule has 2 aromatic rings. The molecule has 6 nitrogen and oxygen atoms in total. The molecule has 0 bridgehead atoms. The number of hydrogen-bond acceptors (Lipinski definition) is 5. The predicted octanol–water partition coefficient (Wildman–Crippen LogP) is 3.25. The zero-order valence-corrected chi connectivity index (χ0v) is 18.3. The molecule has 1 atom stereocenters. The Kier molecular flexibility index (Phi) is 5.72. The summed E-state index contributed by atoms with van der Waals surface area (Å²) in [6.45, 7) is 8.13. The number of carbonyl (C=O) groups excluding carboxylic acids is 1. The van der Waals surface area contributed by atoms with E-state index in [1.807, 2.05) is 11.0 Å². The van der Waals surface area contributed by atoms with Crippen molar-refractivity contribution in [3.8, 4) is 11.5 Å². The van der Waals surface area contributed by atoms with E-state index < -0.39 is 0 Å². The minimum atomic E-state index is 0.244. The summed E-state index contributed by atoms with van der Waals surface area (Å²) < 4.78 is 11.4. The molecule has 0 aliphatic carbocycles. The maximum Gasteiger partial charge on any atom is 0.236 e. The fourth-order valence-electron chi connectivity index (χ4n) is 4.97. The number of rotatable bonds is 4. The van der Waals surface area contributed by atoms with Crippen LogP contribution in [-0.2, 0) is 4.79 Å². The second kappa shape index (κ2) is 8.79. The molecule has 3 aliphatic heterocycles. The predicted molar refractivity (Wildman–Crippen MR) is 121 cm³/mol. The number of piperazine rings is 1. The molecule has 5 rings (SSSR count). The van der Waals surface area contributed by atoms with Crippen molar-refractivity contribution >= 4 is 11.6 Å². The minimum Gasteiger partial charge on any atom is -0.486 e. The standard InChI is InChI=1S/C25H31N3O3/c1-19-4-2-5-21(16-19)26-10-12-27(13-11-26)25(29)18-28-9-3-6-22(28)20-7-8-23-24(17-20)31-15-14-30-23/h2,4-5,7-8,16-17,22H,3,6,9-15,18H2,1H3/t22-/m1/s1. The van der Waals surface area contributed by atoms with Gasteiger partial charge in [-0.25, -0.2) is 0 Å². The Morgan fingerprint density at radius 2 is 1.77 bits per heavy atom. The van der Waals surface area contributed by atoms with E-state index in [2.05, 4.69) is 53.1 Å². The van der Waals surface area contributed by atoms with Crippen LogP contribution in [0.3, 0.4) is 0 Å². The molecule has 164 valence electrons. The van der Waals surface area contributed by atoms with Gasteiger partial charge in [-0.1, -0.05) is 18.2 Å². The van der Waals surface area contributed by atoms with Gasteiger partial charge in [0.25, 0.3) is 0 Å². The summed E-state index contributed by atoms with van der Waals surface area (Å²) in [4.78, 5) is 19.8. The number of nitrogens with zero attached hydrogens (tertiary/aromatic N) is 3. The van der Waals surface area contributed by atoms with Crippen molar-refractivity contribution in [1.82, 2.24) is 9.80 Å². The molecule has 1 amide bonds. The van der Waals surface area contributed by atoms with Gasteiger partial charge in [-0.3, -0.25) is 9.69 Å². The van der Waals surface area contributed by atoms with Crippen LogP contribution in [0.2, 0.25) is 0 Å². The molecular formula is C25H31N3O3. The summed E-state index contributed by atoms with van der Waals surface area (Å²) in [7, 11) is 0. The summed E-state index contributed by atoms with van der Waals surface area (Å²) in [6, 6.07) is 15.1. The smallest absolute Gasteiger partial charge is 0.236 e. The molecule has 0 spiro atoms. The third kappa shape index (κ3) is 4.35. The number of anilines is 1.